The summed E-state index contributed by atoms with van der Waals surface area (Å²) in [5.74, 6) is -0.237. The van der Waals surface area contributed by atoms with Gasteiger partial charge in [0.15, 0.2) is 11.5 Å². The van der Waals surface area contributed by atoms with Gasteiger partial charge in [-0.25, -0.2) is 27.0 Å². The molecule has 3 aromatic rings. The molecule has 30 heavy (non-hydrogen) atoms. The molecular formula is C18H19FN6O4S. The first-order valence-corrected chi connectivity index (χ1v) is 10.2. The monoisotopic (exact) mass is 434 g/mol. The number of sulfonamides is 1. The van der Waals surface area contributed by atoms with Gasteiger partial charge in [0, 0.05) is 13.2 Å². The van der Waals surface area contributed by atoms with E-state index in [1.54, 1.807) is 20.0 Å². The van der Waals surface area contributed by atoms with E-state index in [0.717, 1.165) is 0 Å². The van der Waals surface area contributed by atoms with Gasteiger partial charge in [0.05, 0.1) is 5.69 Å². The van der Waals surface area contributed by atoms with Crippen molar-refractivity contribution in [2.24, 2.45) is 7.05 Å². The highest BCUT2D eigenvalue weighted by Gasteiger charge is 2.20. The molecule has 0 aliphatic heterocycles. The van der Waals surface area contributed by atoms with Crippen molar-refractivity contribution in [2.75, 3.05) is 12.4 Å². The van der Waals surface area contributed by atoms with E-state index in [0.29, 0.717) is 11.3 Å². The van der Waals surface area contributed by atoms with Crippen molar-refractivity contribution in [2.45, 2.75) is 17.9 Å². The molecule has 1 atom stereocenters. The lowest BCUT2D eigenvalue weighted by molar-refractivity contribution is 0.121. The van der Waals surface area contributed by atoms with Gasteiger partial charge < -0.3 is 4.74 Å². The van der Waals surface area contributed by atoms with Crippen LogP contribution in [-0.2, 0) is 21.8 Å². The van der Waals surface area contributed by atoms with Crippen LogP contribution in [0.5, 0.6) is 0 Å². The summed E-state index contributed by atoms with van der Waals surface area (Å²) in [5.41, 5.74) is 1.02. The third-order valence-electron chi connectivity index (χ3n) is 4.21. The summed E-state index contributed by atoms with van der Waals surface area (Å²) >= 11 is 0. The lowest BCUT2D eigenvalue weighted by atomic mass is 10.1. The summed E-state index contributed by atoms with van der Waals surface area (Å²) in [6.45, 7) is 1.61. The zero-order valence-electron chi connectivity index (χ0n) is 16.3. The Kier molecular flexibility index (Phi) is 6.08. The number of nitrogens with zero attached hydrogens (tertiary/aromatic N) is 4. The second-order valence-corrected chi connectivity index (χ2v) is 8.11. The fourth-order valence-electron chi connectivity index (χ4n) is 2.58. The minimum Gasteiger partial charge on any atom is -0.441 e. The predicted molar refractivity (Wildman–Crippen MR) is 105 cm³/mol. The molecule has 2 N–H and O–H groups in total. The Morgan fingerprint density at radius 1 is 1.27 bits per heavy atom. The van der Waals surface area contributed by atoms with Gasteiger partial charge >= 0.3 is 6.09 Å². The highest BCUT2D eigenvalue weighted by Crippen LogP contribution is 2.25. The Labute approximate surface area is 172 Å². The minimum absolute atomic E-state index is 0.0181. The van der Waals surface area contributed by atoms with E-state index in [4.69, 9.17) is 4.74 Å². The largest absolute Gasteiger partial charge is 0.441 e. The number of aryl methyl sites for hydroxylation is 1. The molecule has 0 radical (unpaired) electrons. The van der Waals surface area contributed by atoms with E-state index in [9.17, 15) is 17.6 Å². The maximum Gasteiger partial charge on any atom is 0.413 e. The van der Waals surface area contributed by atoms with Gasteiger partial charge in [-0.05, 0) is 43.8 Å². The number of nitrogens with one attached hydrogen (secondary N) is 2. The minimum atomic E-state index is -3.63. The van der Waals surface area contributed by atoms with Crippen molar-refractivity contribution >= 4 is 21.9 Å². The molecule has 158 valence electrons. The SMILES string of the molecule is CNS(=O)(=O)c1ccc(-c2nnn(C)c2NC(=O)O[C@H](C)c2cccc(F)c2)nc1. The number of rotatable bonds is 6. The summed E-state index contributed by atoms with van der Waals surface area (Å²) in [7, 11) is -0.781. The number of anilines is 1. The standard InChI is InChI=1S/C18H19FN6O4S/c1-11(12-5-4-6-13(19)9-12)29-18(26)22-17-16(23-24-25(17)3)15-8-7-14(10-21-15)30(27,28)20-2/h4-11,20H,1-3H3,(H,22,26)/t11-/m1/s1. The first kappa shape index (κ1) is 21.3. The molecule has 0 aliphatic carbocycles. The molecule has 0 saturated heterocycles. The summed E-state index contributed by atoms with van der Waals surface area (Å²) in [6, 6.07) is 8.54. The summed E-state index contributed by atoms with van der Waals surface area (Å²) < 4.78 is 45.8. The Balaban J connectivity index is 1.78. The number of halogens is 1. The van der Waals surface area contributed by atoms with Gasteiger partial charge in [0.2, 0.25) is 10.0 Å². The summed E-state index contributed by atoms with van der Waals surface area (Å²) in [6.07, 6.45) is -0.327. The van der Waals surface area contributed by atoms with Crippen LogP contribution in [0.25, 0.3) is 11.4 Å². The summed E-state index contributed by atoms with van der Waals surface area (Å²) in [5, 5.41) is 10.4. The number of ether oxygens (including phenoxy) is 1. The van der Waals surface area contributed by atoms with Crippen molar-refractivity contribution < 1.29 is 22.3 Å². The van der Waals surface area contributed by atoms with Gasteiger partial charge in [-0.2, -0.15) is 0 Å². The molecule has 0 spiro atoms. The van der Waals surface area contributed by atoms with Gasteiger partial charge in [0.1, 0.15) is 16.8 Å². The van der Waals surface area contributed by atoms with E-state index in [1.807, 2.05) is 0 Å². The highest BCUT2D eigenvalue weighted by molar-refractivity contribution is 7.89. The van der Waals surface area contributed by atoms with E-state index in [-0.39, 0.29) is 16.4 Å². The van der Waals surface area contributed by atoms with Crippen LogP contribution in [0.3, 0.4) is 0 Å². The molecule has 0 bridgehead atoms. The van der Waals surface area contributed by atoms with Gasteiger partial charge in [-0.15, -0.1) is 5.10 Å². The average molecular weight is 434 g/mol. The maximum atomic E-state index is 13.4. The number of amides is 1. The third-order valence-corrected chi connectivity index (χ3v) is 5.61. The van der Waals surface area contributed by atoms with Crippen LogP contribution in [0.1, 0.15) is 18.6 Å². The van der Waals surface area contributed by atoms with Crippen LogP contribution >= 0.6 is 0 Å². The molecule has 0 aliphatic rings. The van der Waals surface area contributed by atoms with Crippen molar-refractivity contribution in [3.8, 4) is 11.4 Å². The highest BCUT2D eigenvalue weighted by atomic mass is 32.2. The number of hydrogen-bond donors (Lipinski definition) is 2. The average Bonchev–Trinajstić information content (AvgIpc) is 3.08. The van der Waals surface area contributed by atoms with Gasteiger partial charge in [-0.1, -0.05) is 17.3 Å². The van der Waals surface area contributed by atoms with E-state index in [2.05, 4.69) is 25.3 Å². The Bertz CT molecular complexity index is 1160. The number of carbonyl (C=O) groups is 1. The molecule has 2 aromatic heterocycles. The van der Waals surface area contributed by atoms with Crippen LogP contribution in [0, 0.1) is 5.82 Å². The fraction of sp³-hybridized carbons (Fsp3) is 0.222. The Morgan fingerprint density at radius 2 is 2.03 bits per heavy atom. The molecule has 0 saturated carbocycles. The third kappa shape index (κ3) is 4.60. The van der Waals surface area contributed by atoms with Crippen LogP contribution in [0.15, 0.2) is 47.5 Å². The zero-order chi connectivity index (χ0) is 21.9. The number of benzene rings is 1. The van der Waals surface area contributed by atoms with E-state index < -0.39 is 28.0 Å². The molecule has 12 heteroatoms. The first-order valence-electron chi connectivity index (χ1n) is 8.74. The quantitative estimate of drug-likeness (QED) is 0.609. The van der Waals surface area contributed by atoms with Crippen molar-refractivity contribution in [3.05, 3.63) is 54.0 Å². The predicted octanol–water partition coefficient (Wildman–Crippen LogP) is 2.23. The van der Waals surface area contributed by atoms with Crippen molar-refractivity contribution in [1.29, 1.82) is 0 Å². The second kappa shape index (κ2) is 8.55. The van der Waals surface area contributed by atoms with Crippen molar-refractivity contribution in [1.82, 2.24) is 24.7 Å². The van der Waals surface area contributed by atoms with E-state index >= 15 is 0 Å². The zero-order valence-corrected chi connectivity index (χ0v) is 17.1. The number of carbonyl (C=O) groups excluding carboxylic acids is 1. The molecule has 3 rings (SSSR count). The van der Waals surface area contributed by atoms with Crippen LogP contribution in [0.4, 0.5) is 15.0 Å². The molecule has 1 aromatic carbocycles. The van der Waals surface area contributed by atoms with Crippen LogP contribution in [0.2, 0.25) is 0 Å². The molecule has 0 unspecified atom stereocenters. The van der Waals surface area contributed by atoms with E-state index in [1.165, 1.54) is 48.3 Å². The topological polar surface area (TPSA) is 128 Å². The van der Waals surface area contributed by atoms with Gasteiger partial charge in [0.25, 0.3) is 0 Å². The van der Waals surface area contributed by atoms with Gasteiger partial charge in [-0.3, -0.25) is 10.3 Å². The Hall–Kier alpha value is -3.38. The Morgan fingerprint density at radius 3 is 2.67 bits per heavy atom. The molecule has 10 nitrogen and oxygen atoms in total. The molecule has 0 fully saturated rings. The molecular weight excluding hydrogens is 415 g/mol. The first-order chi connectivity index (χ1) is 14.2. The van der Waals surface area contributed by atoms with Crippen molar-refractivity contribution in [3.63, 3.8) is 0 Å². The normalized spacial score (nSPS) is 12.4. The van der Waals surface area contributed by atoms with Crippen LogP contribution in [-0.4, -0.2) is 41.5 Å². The lowest BCUT2D eigenvalue weighted by Gasteiger charge is -2.14. The lowest BCUT2D eigenvalue weighted by Crippen LogP contribution is -2.19. The number of pyridine rings is 1. The number of hydrogen-bond acceptors (Lipinski definition) is 7. The fourth-order valence-corrected chi connectivity index (χ4v) is 3.26. The van der Waals surface area contributed by atoms with Crippen LogP contribution < -0.4 is 10.0 Å². The second-order valence-electron chi connectivity index (χ2n) is 6.22. The molecule has 2 heterocycles. The number of aromatic nitrogens is 4. The summed E-state index contributed by atoms with van der Waals surface area (Å²) in [4.78, 5) is 16.4. The molecule has 1 amide bonds. The smallest absolute Gasteiger partial charge is 0.413 e. The maximum absolute atomic E-state index is 13.4.